The molecule has 0 saturated carbocycles. The topological polar surface area (TPSA) is 83.6 Å². The molecule has 0 unspecified atom stereocenters. The highest BCUT2D eigenvalue weighted by Crippen LogP contribution is 2.27. The zero-order valence-electron chi connectivity index (χ0n) is 16.0. The lowest BCUT2D eigenvalue weighted by Gasteiger charge is -2.12. The van der Waals surface area contributed by atoms with Gasteiger partial charge in [0.1, 0.15) is 11.4 Å². The Labute approximate surface area is 173 Å². The van der Waals surface area contributed by atoms with Crippen molar-refractivity contribution in [3.63, 3.8) is 0 Å². The molecule has 2 N–H and O–H groups in total. The van der Waals surface area contributed by atoms with E-state index in [4.69, 9.17) is 0 Å². The highest BCUT2D eigenvalue weighted by atomic mass is 32.2. The first-order chi connectivity index (χ1) is 14.2. The molecule has 0 saturated heterocycles. The number of thioether (sulfide) groups is 1. The summed E-state index contributed by atoms with van der Waals surface area (Å²) in [6, 6.07) is 18.0. The van der Waals surface area contributed by atoms with Crippen molar-refractivity contribution in [1.29, 1.82) is 0 Å². The quantitative estimate of drug-likeness (QED) is 0.343. The van der Waals surface area contributed by atoms with Gasteiger partial charge >= 0.3 is 0 Å². The van der Waals surface area contributed by atoms with Gasteiger partial charge in [-0.2, -0.15) is 5.10 Å². The van der Waals surface area contributed by atoms with Crippen LogP contribution in [-0.4, -0.2) is 26.1 Å². The predicted molar refractivity (Wildman–Crippen MR) is 116 cm³/mol. The molecule has 0 aliphatic carbocycles. The van der Waals surface area contributed by atoms with Crippen LogP contribution >= 0.6 is 11.8 Å². The molecule has 7 heteroatoms. The lowest BCUT2D eigenvalue weighted by molar-refractivity contribution is -0.116. The monoisotopic (exact) mass is 403 g/mol. The van der Waals surface area contributed by atoms with E-state index in [1.807, 2.05) is 42.5 Å². The van der Waals surface area contributed by atoms with Crippen LogP contribution in [0.2, 0.25) is 0 Å². The molecule has 1 atom stereocenters. The lowest BCUT2D eigenvalue weighted by Crippen LogP contribution is -2.14. The summed E-state index contributed by atoms with van der Waals surface area (Å²) in [5.74, 6) is 0.925. The zero-order chi connectivity index (χ0) is 20.1. The van der Waals surface area contributed by atoms with Gasteiger partial charge in [-0.3, -0.25) is 9.89 Å². The van der Waals surface area contributed by atoms with Crippen LogP contribution in [0.1, 0.15) is 30.4 Å². The third-order valence-corrected chi connectivity index (χ3v) is 5.73. The van der Waals surface area contributed by atoms with Crippen molar-refractivity contribution in [2.24, 2.45) is 0 Å². The molecule has 4 rings (SSSR count). The molecule has 0 fully saturated rings. The minimum absolute atomic E-state index is 0.0158. The summed E-state index contributed by atoms with van der Waals surface area (Å²) < 4.78 is 0. The van der Waals surface area contributed by atoms with Gasteiger partial charge in [0.15, 0.2) is 5.65 Å². The molecule has 0 aliphatic rings. The van der Waals surface area contributed by atoms with E-state index in [9.17, 15) is 4.79 Å². The SMILES string of the molecule is C[C@@H](CC(=O)Nc1cccc(CSc2ncnc3[nH]ncc23)c1)c1ccccc1. The molecule has 2 aromatic carbocycles. The van der Waals surface area contributed by atoms with Crippen molar-refractivity contribution in [2.75, 3.05) is 5.32 Å². The van der Waals surface area contributed by atoms with Gasteiger partial charge < -0.3 is 5.32 Å². The average Bonchev–Trinajstić information content (AvgIpc) is 3.22. The van der Waals surface area contributed by atoms with Crippen LogP contribution in [0.15, 0.2) is 72.1 Å². The maximum atomic E-state index is 12.5. The van der Waals surface area contributed by atoms with Crippen molar-refractivity contribution in [3.8, 4) is 0 Å². The molecule has 29 heavy (non-hydrogen) atoms. The normalized spacial score (nSPS) is 12.0. The minimum Gasteiger partial charge on any atom is -0.326 e. The first-order valence-electron chi connectivity index (χ1n) is 9.39. The second-order valence-electron chi connectivity index (χ2n) is 6.86. The van der Waals surface area contributed by atoms with Crippen LogP contribution in [0.25, 0.3) is 11.0 Å². The highest BCUT2D eigenvalue weighted by molar-refractivity contribution is 7.98. The maximum Gasteiger partial charge on any atom is 0.224 e. The molecule has 0 radical (unpaired) electrons. The van der Waals surface area contributed by atoms with Gasteiger partial charge in [-0.25, -0.2) is 9.97 Å². The van der Waals surface area contributed by atoms with E-state index in [1.54, 1.807) is 18.0 Å². The van der Waals surface area contributed by atoms with E-state index in [0.29, 0.717) is 6.42 Å². The number of anilines is 1. The Balaban J connectivity index is 1.37. The van der Waals surface area contributed by atoms with E-state index >= 15 is 0 Å². The summed E-state index contributed by atoms with van der Waals surface area (Å²) in [6.07, 6.45) is 3.72. The third-order valence-electron chi connectivity index (χ3n) is 4.66. The number of aromatic nitrogens is 4. The first kappa shape index (κ1) is 19.1. The molecule has 6 nitrogen and oxygen atoms in total. The zero-order valence-corrected chi connectivity index (χ0v) is 16.8. The molecular formula is C22H21N5OS. The highest BCUT2D eigenvalue weighted by Gasteiger charge is 2.12. The molecule has 0 aliphatic heterocycles. The number of aromatic amines is 1. The van der Waals surface area contributed by atoms with Crippen molar-refractivity contribution >= 4 is 34.4 Å². The number of benzene rings is 2. The summed E-state index contributed by atoms with van der Waals surface area (Å²) in [5.41, 5.74) is 3.82. The van der Waals surface area contributed by atoms with E-state index in [2.05, 4.69) is 44.5 Å². The summed E-state index contributed by atoms with van der Waals surface area (Å²) >= 11 is 1.62. The van der Waals surface area contributed by atoms with Crippen molar-refractivity contribution in [2.45, 2.75) is 30.0 Å². The fraction of sp³-hybridized carbons (Fsp3) is 0.182. The van der Waals surface area contributed by atoms with E-state index in [-0.39, 0.29) is 11.8 Å². The van der Waals surface area contributed by atoms with Gasteiger partial charge in [-0.1, -0.05) is 49.4 Å². The van der Waals surface area contributed by atoms with Crippen LogP contribution in [0, 0.1) is 0 Å². The number of rotatable bonds is 7. The fourth-order valence-electron chi connectivity index (χ4n) is 3.14. The number of fused-ring (bicyclic) bond motifs is 1. The fourth-order valence-corrected chi connectivity index (χ4v) is 4.05. The van der Waals surface area contributed by atoms with Crippen LogP contribution < -0.4 is 5.32 Å². The Bertz CT molecular complexity index is 1110. The number of amides is 1. The van der Waals surface area contributed by atoms with Crippen molar-refractivity contribution in [3.05, 3.63) is 78.2 Å². The number of carbonyl (C=O) groups is 1. The van der Waals surface area contributed by atoms with Gasteiger partial charge in [0, 0.05) is 17.9 Å². The summed E-state index contributed by atoms with van der Waals surface area (Å²) in [5, 5.41) is 11.7. The number of nitrogens with zero attached hydrogens (tertiary/aromatic N) is 3. The van der Waals surface area contributed by atoms with Gasteiger partial charge in [0.05, 0.1) is 11.6 Å². The Morgan fingerprint density at radius 1 is 1.14 bits per heavy atom. The van der Waals surface area contributed by atoms with Crippen LogP contribution in [0.5, 0.6) is 0 Å². The second-order valence-corrected chi connectivity index (χ2v) is 7.83. The first-order valence-corrected chi connectivity index (χ1v) is 10.4. The second kappa shape index (κ2) is 8.87. The van der Waals surface area contributed by atoms with Gasteiger partial charge in [-0.05, 0) is 29.2 Å². The van der Waals surface area contributed by atoms with E-state index in [0.717, 1.165) is 33.1 Å². The Kier molecular flexibility index (Phi) is 5.86. The molecule has 1 amide bonds. The number of hydrogen-bond acceptors (Lipinski definition) is 5. The van der Waals surface area contributed by atoms with Crippen LogP contribution in [0.4, 0.5) is 5.69 Å². The molecule has 2 aromatic heterocycles. The van der Waals surface area contributed by atoms with Gasteiger partial charge in [-0.15, -0.1) is 11.8 Å². The Morgan fingerprint density at radius 3 is 2.86 bits per heavy atom. The van der Waals surface area contributed by atoms with Crippen LogP contribution in [0.3, 0.4) is 0 Å². The van der Waals surface area contributed by atoms with Crippen molar-refractivity contribution < 1.29 is 4.79 Å². The minimum atomic E-state index is 0.0158. The van der Waals surface area contributed by atoms with E-state index in [1.165, 1.54) is 11.9 Å². The van der Waals surface area contributed by atoms with Gasteiger partial charge in [0.2, 0.25) is 5.91 Å². The number of hydrogen-bond donors (Lipinski definition) is 2. The summed E-state index contributed by atoms with van der Waals surface area (Å²) in [6.45, 7) is 2.07. The molecule has 4 aromatic rings. The van der Waals surface area contributed by atoms with Gasteiger partial charge in [0.25, 0.3) is 0 Å². The number of H-pyrrole nitrogens is 1. The third kappa shape index (κ3) is 4.81. The molecular weight excluding hydrogens is 382 g/mol. The molecule has 0 spiro atoms. The standard InChI is InChI=1S/C22H21N5OS/c1-15(17-7-3-2-4-8-17)10-20(28)26-18-9-5-6-16(11-18)13-29-22-19-12-25-27-21(19)23-14-24-22/h2-9,11-12,14-15H,10,13H2,1H3,(H,26,28)(H,23,24,25,27)/t15-/m0/s1. The lowest BCUT2D eigenvalue weighted by atomic mass is 9.97. The molecule has 2 heterocycles. The van der Waals surface area contributed by atoms with E-state index < -0.39 is 0 Å². The largest absolute Gasteiger partial charge is 0.326 e. The molecule has 0 bridgehead atoms. The smallest absolute Gasteiger partial charge is 0.224 e. The molecule has 146 valence electrons. The summed E-state index contributed by atoms with van der Waals surface area (Å²) in [7, 11) is 0. The van der Waals surface area contributed by atoms with Crippen molar-refractivity contribution in [1.82, 2.24) is 20.2 Å². The number of nitrogens with one attached hydrogen (secondary N) is 2. The maximum absolute atomic E-state index is 12.5. The number of carbonyl (C=O) groups excluding carboxylic acids is 1. The Hall–Kier alpha value is -3.19. The van der Waals surface area contributed by atoms with Crippen LogP contribution in [-0.2, 0) is 10.5 Å². The Morgan fingerprint density at radius 2 is 2.00 bits per heavy atom. The average molecular weight is 404 g/mol. The summed E-state index contributed by atoms with van der Waals surface area (Å²) in [4.78, 5) is 21.0. The predicted octanol–water partition coefficient (Wildman–Crippen LogP) is 4.78.